The topological polar surface area (TPSA) is 93.6 Å². The molecule has 0 aliphatic rings. The Morgan fingerprint density at radius 3 is 1.76 bits per heavy atom. The van der Waals surface area contributed by atoms with Gasteiger partial charge in [-0.2, -0.15) is 0 Å². The van der Waals surface area contributed by atoms with Crippen LogP contribution in [0, 0.1) is 0 Å². The average Bonchev–Trinajstić information content (AvgIpc) is 3.14. The summed E-state index contributed by atoms with van der Waals surface area (Å²) in [4.78, 5) is 22.4. The molecule has 8 heteroatoms. The van der Waals surface area contributed by atoms with Crippen molar-refractivity contribution in [2.75, 3.05) is 7.11 Å². The molecule has 0 aliphatic carbocycles. The maximum Gasteiger partial charge on any atom is 1.00 e. The Balaban J connectivity index is -0.000000152. The van der Waals surface area contributed by atoms with E-state index in [0.717, 1.165) is 5.56 Å². The zero-order valence-electron chi connectivity index (χ0n) is 12.8. The van der Waals surface area contributed by atoms with E-state index >= 15 is 0 Å². The van der Waals surface area contributed by atoms with Crippen molar-refractivity contribution in [3.8, 4) is 0 Å². The Bertz CT molecular complexity index is 662. The Hall–Kier alpha value is -1.62. The molecule has 0 saturated carbocycles. The Labute approximate surface area is 169 Å². The van der Waals surface area contributed by atoms with Gasteiger partial charge >= 0.3 is 30.8 Å². The number of hydrogen-bond acceptors (Lipinski definition) is 6. The molecule has 0 saturated heterocycles. The van der Waals surface area contributed by atoms with Crippen molar-refractivity contribution in [3.63, 3.8) is 0 Å². The van der Waals surface area contributed by atoms with Gasteiger partial charge in [-0.15, -0.1) is 22.7 Å². The molecule has 0 radical (unpaired) electrons. The third-order valence-corrected chi connectivity index (χ3v) is 4.22. The van der Waals surface area contributed by atoms with E-state index in [9.17, 15) is 9.59 Å². The van der Waals surface area contributed by atoms with Gasteiger partial charge in [0.2, 0.25) is 0 Å². The van der Waals surface area contributed by atoms with Crippen LogP contribution in [0.15, 0.2) is 36.1 Å². The molecule has 0 spiro atoms. The monoisotopic (exact) mass is 378 g/mol. The SMILES string of the molecule is C.C.C=Cc1ccsc1C(=O)O.C=Cc1ccsc1C(=O)OC.[Li+].[OH-]. The number of rotatable bonds is 4. The molecular formula is C17H23LiO5S2. The second kappa shape index (κ2) is 15.9. The van der Waals surface area contributed by atoms with Crippen LogP contribution in [0.5, 0.6) is 0 Å². The fourth-order valence-corrected chi connectivity index (χ4v) is 2.95. The third-order valence-electron chi connectivity index (χ3n) is 2.40. The summed E-state index contributed by atoms with van der Waals surface area (Å²) in [6, 6.07) is 3.57. The zero-order valence-corrected chi connectivity index (χ0v) is 14.4. The zero-order chi connectivity index (χ0) is 15.8. The molecule has 2 aromatic heterocycles. The van der Waals surface area contributed by atoms with Crippen LogP contribution in [0.25, 0.3) is 12.2 Å². The number of carbonyl (C=O) groups excluding carboxylic acids is 1. The smallest absolute Gasteiger partial charge is 0.870 e. The first kappa shape index (κ1) is 31.2. The summed E-state index contributed by atoms with van der Waals surface area (Å²) in [6.07, 6.45) is 3.18. The van der Waals surface area contributed by atoms with Gasteiger partial charge in [0.15, 0.2) is 0 Å². The number of ether oxygens (including phenoxy) is 1. The van der Waals surface area contributed by atoms with E-state index in [1.165, 1.54) is 29.8 Å². The van der Waals surface area contributed by atoms with Gasteiger partial charge in [-0.3, -0.25) is 0 Å². The number of carbonyl (C=O) groups is 2. The minimum atomic E-state index is -0.884. The van der Waals surface area contributed by atoms with Crippen LogP contribution in [0.1, 0.15) is 45.3 Å². The van der Waals surface area contributed by atoms with Gasteiger partial charge in [-0.25, -0.2) is 9.59 Å². The summed E-state index contributed by atoms with van der Waals surface area (Å²) in [5, 5.41) is 12.1. The summed E-state index contributed by atoms with van der Waals surface area (Å²) in [5.74, 6) is -1.18. The molecule has 2 aromatic rings. The molecule has 0 fully saturated rings. The molecule has 5 nitrogen and oxygen atoms in total. The van der Waals surface area contributed by atoms with E-state index in [1.54, 1.807) is 23.6 Å². The number of thiophene rings is 2. The van der Waals surface area contributed by atoms with Crippen LogP contribution < -0.4 is 18.9 Å². The Morgan fingerprint density at radius 2 is 1.44 bits per heavy atom. The van der Waals surface area contributed by atoms with Gasteiger partial charge in [-0.05, 0) is 34.0 Å². The predicted octanol–water partition coefficient (Wildman–Crippen LogP) is 2.37. The summed E-state index contributed by atoms with van der Waals surface area (Å²) >= 11 is 2.57. The molecule has 0 aromatic carbocycles. The molecule has 0 atom stereocenters. The second-order valence-corrected chi connectivity index (χ2v) is 5.45. The van der Waals surface area contributed by atoms with Crippen LogP contribution in [0.4, 0.5) is 0 Å². The summed E-state index contributed by atoms with van der Waals surface area (Å²) < 4.78 is 4.56. The fourth-order valence-electron chi connectivity index (χ4n) is 1.39. The molecule has 0 bridgehead atoms. The molecule has 2 N–H and O–H groups in total. The standard InChI is InChI=1S/C8H8O2S.C7H6O2S.2CH4.Li.H2O/c1-3-6-4-5-11-7(6)8(9)10-2;1-2-5-3-4-10-6(5)7(8)9;;;;/h3-5H,1H2,2H3;2-4H,1H2,(H,8,9);2*1H4;;1H2/q;;;;+1;/p-1. The fraction of sp³-hybridized carbons (Fsp3) is 0.176. The molecular weight excluding hydrogens is 355 g/mol. The van der Waals surface area contributed by atoms with Gasteiger partial charge in [0.1, 0.15) is 9.75 Å². The van der Waals surface area contributed by atoms with E-state index in [0.29, 0.717) is 15.3 Å². The van der Waals surface area contributed by atoms with Crippen LogP contribution in [0.2, 0.25) is 0 Å². The van der Waals surface area contributed by atoms with Crippen molar-refractivity contribution < 1.29 is 43.8 Å². The van der Waals surface area contributed by atoms with Gasteiger partial charge < -0.3 is 15.3 Å². The molecule has 0 aliphatic heterocycles. The quantitative estimate of drug-likeness (QED) is 0.651. The summed E-state index contributed by atoms with van der Waals surface area (Å²) in [7, 11) is 1.37. The van der Waals surface area contributed by atoms with E-state index in [4.69, 9.17) is 5.11 Å². The number of carboxylic acid groups (broad SMARTS) is 1. The maximum atomic E-state index is 11.0. The second-order valence-electron chi connectivity index (χ2n) is 3.62. The van der Waals surface area contributed by atoms with Gasteiger partial charge in [0.05, 0.1) is 7.11 Å². The molecule has 2 heterocycles. The van der Waals surface area contributed by atoms with E-state index < -0.39 is 5.97 Å². The molecule has 0 amide bonds. The van der Waals surface area contributed by atoms with Crippen molar-refractivity contribution >= 4 is 46.8 Å². The van der Waals surface area contributed by atoms with Gasteiger partial charge in [-0.1, -0.05) is 40.2 Å². The number of aromatic carboxylic acids is 1. The number of esters is 1. The molecule has 2 rings (SSSR count). The normalized spacial score (nSPS) is 7.72. The molecule has 25 heavy (non-hydrogen) atoms. The minimum absolute atomic E-state index is 0. The average molecular weight is 378 g/mol. The van der Waals surface area contributed by atoms with E-state index in [2.05, 4.69) is 17.9 Å². The first-order chi connectivity index (χ1) is 10.0. The Morgan fingerprint density at radius 1 is 1.04 bits per heavy atom. The maximum absolute atomic E-state index is 11.0. The first-order valence-electron chi connectivity index (χ1n) is 5.76. The predicted molar refractivity (Wildman–Crippen MR) is 103 cm³/mol. The number of methoxy groups -OCH3 is 1. The van der Waals surface area contributed by atoms with Crippen LogP contribution in [0.3, 0.4) is 0 Å². The van der Waals surface area contributed by atoms with E-state index in [-0.39, 0.29) is 45.2 Å². The van der Waals surface area contributed by atoms with Crippen molar-refractivity contribution in [1.82, 2.24) is 0 Å². The van der Waals surface area contributed by atoms with Crippen molar-refractivity contribution in [2.24, 2.45) is 0 Å². The minimum Gasteiger partial charge on any atom is -0.870 e. The van der Waals surface area contributed by atoms with E-state index in [1.807, 2.05) is 11.4 Å². The van der Waals surface area contributed by atoms with Gasteiger partial charge in [0, 0.05) is 0 Å². The largest absolute Gasteiger partial charge is 1.00 e. The van der Waals surface area contributed by atoms with Crippen LogP contribution in [-0.4, -0.2) is 29.6 Å². The van der Waals surface area contributed by atoms with Gasteiger partial charge in [0.25, 0.3) is 0 Å². The Kier molecular flexibility index (Phi) is 19.8. The third kappa shape index (κ3) is 8.86. The molecule has 134 valence electrons. The van der Waals surface area contributed by atoms with Crippen molar-refractivity contribution in [2.45, 2.75) is 14.9 Å². The van der Waals surface area contributed by atoms with Crippen LogP contribution >= 0.6 is 22.7 Å². The molecule has 0 unspecified atom stereocenters. The summed E-state index contributed by atoms with van der Waals surface area (Å²) in [5.41, 5.74) is 1.53. The number of carboxylic acids is 1. The van der Waals surface area contributed by atoms with Crippen molar-refractivity contribution in [3.05, 3.63) is 56.9 Å². The summed E-state index contributed by atoms with van der Waals surface area (Å²) in [6.45, 7) is 7.07. The first-order valence-corrected chi connectivity index (χ1v) is 7.52. The van der Waals surface area contributed by atoms with Crippen molar-refractivity contribution in [1.29, 1.82) is 0 Å². The number of hydrogen-bond donors (Lipinski definition) is 1. The van der Waals surface area contributed by atoms with Crippen LogP contribution in [-0.2, 0) is 4.74 Å².